The molecular formula is C12H19NS. The Morgan fingerprint density at radius 2 is 2.21 bits per heavy atom. The molecule has 0 saturated carbocycles. The summed E-state index contributed by atoms with van der Waals surface area (Å²) in [5.41, 5.74) is 2.73. The molecule has 1 N–H and O–H groups in total. The van der Waals surface area contributed by atoms with E-state index in [9.17, 15) is 0 Å². The lowest BCUT2D eigenvalue weighted by Crippen LogP contribution is -2.18. The van der Waals surface area contributed by atoms with Gasteiger partial charge in [-0.1, -0.05) is 36.8 Å². The normalized spacial score (nSPS) is 12.8. The third-order valence-electron chi connectivity index (χ3n) is 2.28. The van der Waals surface area contributed by atoms with Crippen LogP contribution in [0, 0.1) is 6.92 Å². The molecule has 2 heteroatoms. The Labute approximate surface area is 91.3 Å². The molecule has 0 saturated heterocycles. The molecule has 0 fully saturated rings. The Kier molecular flexibility index (Phi) is 5.05. The van der Waals surface area contributed by atoms with E-state index in [2.05, 4.69) is 43.4 Å². The minimum Gasteiger partial charge on any atom is -0.312 e. The highest BCUT2D eigenvalue weighted by Crippen LogP contribution is 2.18. The Hall–Kier alpha value is -0.470. The monoisotopic (exact) mass is 209 g/mol. The molecule has 1 rings (SSSR count). The molecule has 0 aliphatic rings. The number of aryl methyl sites for hydroxylation is 1. The summed E-state index contributed by atoms with van der Waals surface area (Å²) >= 11 is 1.98. The van der Waals surface area contributed by atoms with Gasteiger partial charge in [-0.15, -0.1) is 0 Å². The second-order valence-electron chi connectivity index (χ2n) is 3.41. The highest BCUT2D eigenvalue weighted by atomic mass is 32.2. The van der Waals surface area contributed by atoms with Gasteiger partial charge < -0.3 is 5.32 Å². The van der Waals surface area contributed by atoms with Crippen LogP contribution in [-0.4, -0.2) is 18.6 Å². The SMILES string of the molecule is CCSCC(NC)c1cccc(C)c1. The predicted molar refractivity (Wildman–Crippen MR) is 66.0 cm³/mol. The first-order chi connectivity index (χ1) is 6.77. The fraction of sp³-hybridized carbons (Fsp3) is 0.500. The van der Waals surface area contributed by atoms with Crippen LogP contribution >= 0.6 is 11.8 Å². The van der Waals surface area contributed by atoms with E-state index in [0.717, 1.165) is 5.75 Å². The largest absolute Gasteiger partial charge is 0.312 e. The predicted octanol–water partition coefficient (Wildman–Crippen LogP) is 3.01. The Morgan fingerprint density at radius 1 is 1.43 bits per heavy atom. The zero-order valence-corrected chi connectivity index (χ0v) is 10.0. The van der Waals surface area contributed by atoms with Gasteiger partial charge in [-0.25, -0.2) is 0 Å². The minimum atomic E-state index is 0.486. The maximum Gasteiger partial charge on any atom is 0.0409 e. The molecular weight excluding hydrogens is 190 g/mol. The van der Waals surface area contributed by atoms with Crippen LogP contribution in [0.4, 0.5) is 0 Å². The molecule has 0 amide bonds. The number of nitrogens with one attached hydrogen (secondary N) is 1. The molecule has 78 valence electrons. The molecule has 0 radical (unpaired) electrons. The molecule has 0 spiro atoms. The highest BCUT2D eigenvalue weighted by molar-refractivity contribution is 7.99. The van der Waals surface area contributed by atoms with Crippen LogP contribution in [-0.2, 0) is 0 Å². The average Bonchev–Trinajstić information content (AvgIpc) is 2.19. The van der Waals surface area contributed by atoms with Crippen LogP contribution < -0.4 is 5.32 Å². The molecule has 0 bridgehead atoms. The lowest BCUT2D eigenvalue weighted by atomic mass is 10.1. The molecule has 0 aliphatic heterocycles. The standard InChI is InChI=1S/C12H19NS/c1-4-14-9-12(13-3)11-7-5-6-10(2)8-11/h5-8,12-13H,4,9H2,1-3H3. The van der Waals surface area contributed by atoms with E-state index in [1.54, 1.807) is 0 Å². The lowest BCUT2D eigenvalue weighted by Gasteiger charge is -2.16. The quantitative estimate of drug-likeness (QED) is 0.800. The topological polar surface area (TPSA) is 12.0 Å². The van der Waals surface area contributed by atoms with Crippen LogP contribution in [0.1, 0.15) is 24.1 Å². The van der Waals surface area contributed by atoms with Gasteiger partial charge in [0.25, 0.3) is 0 Å². The smallest absolute Gasteiger partial charge is 0.0409 e. The Morgan fingerprint density at radius 3 is 2.79 bits per heavy atom. The maximum absolute atomic E-state index is 3.36. The summed E-state index contributed by atoms with van der Waals surface area (Å²) in [5, 5.41) is 3.36. The van der Waals surface area contributed by atoms with Crippen molar-refractivity contribution in [2.75, 3.05) is 18.6 Å². The van der Waals surface area contributed by atoms with Crippen LogP contribution in [0.3, 0.4) is 0 Å². The van der Waals surface area contributed by atoms with Gasteiger partial charge in [-0.3, -0.25) is 0 Å². The van der Waals surface area contributed by atoms with Crippen molar-refractivity contribution in [2.24, 2.45) is 0 Å². The van der Waals surface area contributed by atoms with Gasteiger partial charge in [0.15, 0.2) is 0 Å². The molecule has 1 aromatic carbocycles. The fourth-order valence-electron chi connectivity index (χ4n) is 1.47. The van der Waals surface area contributed by atoms with E-state index in [-0.39, 0.29) is 0 Å². The Balaban J connectivity index is 2.68. The van der Waals surface area contributed by atoms with Gasteiger partial charge in [-0.2, -0.15) is 11.8 Å². The number of benzene rings is 1. The fourth-order valence-corrected chi connectivity index (χ4v) is 2.30. The van der Waals surface area contributed by atoms with Crippen molar-refractivity contribution in [3.05, 3.63) is 35.4 Å². The summed E-state index contributed by atoms with van der Waals surface area (Å²) in [6.07, 6.45) is 0. The third kappa shape index (κ3) is 3.35. The van der Waals surface area contributed by atoms with Gasteiger partial charge in [0.1, 0.15) is 0 Å². The molecule has 0 aromatic heterocycles. The van der Waals surface area contributed by atoms with E-state index >= 15 is 0 Å². The van der Waals surface area contributed by atoms with Gasteiger partial charge in [0.2, 0.25) is 0 Å². The maximum atomic E-state index is 3.36. The van der Waals surface area contributed by atoms with Crippen molar-refractivity contribution in [3.8, 4) is 0 Å². The van der Waals surface area contributed by atoms with Crippen molar-refractivity contribution < 1.29 is 0 Å². The summed E-state index contributed by atoms with van der Waals surface area (Å²) < 4.78 is 0. The number of hydrogen-bond acceptors (Lipinski definition) is 2. The zero-order valence-electron chi connectivity index (χ0n) is 9.21. The zero-order chi connectivity index (χ0) is 10.4. The molecule has 0 aliphatic carbocycles. The van der Waals surface area contributed by atoms with Crippen molar-refractivity contribution in [1.29, 1.82) is 0 Å². The van der Waals surface area contributed by atoms with E-state index in [1.807, 2.05) is 18.8 Å². The average molecular weight is 209 g/mol. The lowest BCUT2D eigenvalue weighted by molar-refractivity contribution is 0.661. The van der Waals surface area contributed by atoms with Gasteiger partial charge in [-0.05, 0) is 25.3 Å². The first-order valence-corrected chi connectivity index (χ1v) is 6.25. The van der Waals surface area contributed by atoms with Crippen molar-refractivity contribution in [2.45, 2.75) is 19.9 Å². The summed E-state index contributed by atoms with van der Waals surface area (Å²) in [6.45, 7) is 4.34. The molecule has 1 aromatic rings. The van der Waals surface area contributed by atoms with Gasteiger partial charge in [0.05, 0.1) is 0 Å². The number of rotatable bonds is 5. The van der Waals surface area contributed by atoms with Crippen LogP contribution in [0.2, 0.25) is 0 Å². The first-order valence-electron chi connectivity index (χ1n) is 5.09. The van der Waals surface area contributed by atoms with E-state index < -0.39 is 0 Å². The highest BCUT2D eigenvalue weighted by Gasteiger charge is 2.07. The summed E-state index contributed by atoms with van der Waals surface area (Å²) in [6, 6.07) is 9.22. The van der Waals surface area contributed by atoms with Gasteiger partial charge in [0, 0.05) is 11.8 Å². The molecule has 1 unspecified atom stereocenters. The molecule has 0 heterocycles. The second-order valence-corrected chi connectivity index (χ2v) is 4.73. The molecule has 14 heavy (non-hydrogen) atoms. The molecule has 1 nitrogen and oxygen atoms in total. The summed E-state index contributed by atoms with van der Waals surface area (Å²) in [4.78, 5) is 0. The Bertz CT molecular complexity index is 273. The number of hydrogen-bond donors (Lipinski definition) is 1. The van der Waals surface area contributed by atoms with Crippen molar-refractivity contribution in [1.82, 2.24) is 5.32 Å². The minimum absolute atomic E-state index is 0.486. The van der Waals surface area contributed by atoms with Crippen molar-refractivity contribution >= 4 is 11.8 Å². The van der Waals surface area contributed by atoms with Gasteiger partial charge >= 0.3 is 0 Å². The second kappa shape index (κ2) is 6.10. The summed E-state index contributed by atoms with van der Waals surface area (Å²) in [5.74, 6) is 2.33. The number of thioether (sulfide) groups is 1. The van der Waals surface area contributed by atoms with E-state index in [1.165, 1.54) is 16.9 Å². The van der Waals surface area contributed by atoms with Crippen molar-refractivity contribution in [3.63, 3.8) is 0 Å². The summed E-state index contributed by atoms with van der Waals surface area (Å²) in [7, 11) is 2.03. The van der Waals surface area contributed by atoms with E-state index in [4.69, 9.17) is 0 Å². The van der Waals surface area contributed by atoms with Crippen LogP contribution in [0.25, 0.3) is 0 Å². The first kappa shape index (κ1) is 11.6. The van der Waals surface area contributed by atoms with Crippen LogP contribution in [0.5, 0.6) is 0 Å². The van der Waals surface area contributed by atoms with Crippen LogP contribution in [0.15, 0.2) is 24.3 Å². The van der Waals surface area contributed by atoms with E-state index in [0.29, 0.717) is 6.04 Å². The molecule has 1 atom stereocenters. The third-order valence-corrected chi connectivity index (χ3v) is 3.26.